The van der Waals surface area contributed by atoms with E-state index in [1.165, 1.54) is 24.3 Å². The first-order valence-electron chi connectivity index (χ1n) is 9.42. The van der Waals surface area contributed by atoms with Crippen molar-refractivity contribution >= 4 is 17.7 Å². The quantitative estimate of drug-likeness (QED) is 0.659. The fourth-order valence-corrected chi connectivity index (χ4v) is 3.58. The molecule has 0 spiro atoms. The van der Waals surface area contributed by atoms with E-state index in [9.17, 15) is 23.2 Å². The van der Waals surface area contributed by atoms with Gasteiger partial charge in [0, 0.05) is 6.42 Å². The Hall–Kier alpha value is -3.09. The van der Waals surface area contributed by atoms with Crippen molar-refractivity contribution < 1.29 is 28.3 Å². The molecule has 152 valence electrons. The molecule has 29 heavy (non-hydrogen) atoms. The largest absolute Gasteiger partial charge is 0.478 e. The number of amides is 1. The number of carbonyl (C=O) groups excluding carboxylic acids is 2. The molecule has 0 aromatic heterocycles. The number of carbonyl (C=O) groups is 3. The van der Waals surface area contributed by atoms with Crippen LogP contribution in [-0.4, -0.2) is 22.8 Å². The van der Waals surface area contributed by atoms with Crippen molar-refractivity contribution in [1.29, 1.82) is 0 Å². The van der Waals surface area contributed by atoms with Gasteiger partial charge in [0.05, 0.1) is 18.0 Å². The lowest BCUT2D eigenvalue weighted by atomic mass is 9.77. The van der Waals surface area contributed by atoms with Gasteiger partial charge in [0.25, 0.3) is 0 Å². The van der Waals surface area contributed by atoms with E-state index < -0.39 is 41.3 Å². The number of nitrogens with one attached hydrogen (secondary N) is 1. The van der Waals surface area contributed by atoms with Crippen molar-refractivity contribution in [2.45, 2.75) is 38.1 Å². The number of halogens is 2. The zero-order valence-electron chi connectivity index (χ0n) is 15.7. The van der Waals surface area contributed by atoms with E-state index in [2.05, 4.69) is 5.32 Å². The van der Waals surface area contributed by atoms with E-state index in [0.717, 1.165) is 25.3 Å². The highest BCUT2D eigenvalue weighted by atomic mass is 19.1. The summed E-state index contributed by atoms with van der Waals surface area (Å²) in [5.74, 6) is -3.66. The Bertz CT molecular complexity index is 940. The Morgan fingerprint density at radius 1 is 1.10 bits per heavy atom. The molecule has 0 saturated heterocycles. The number of benzene rings is 2. The molecule has 0 radical (unpaired) electrons. The number of carboxylic acid groups (broad SMARTS) is 1. The minimum Gasteiger partial charge on any atom is -0.478 e. The van der Waals surface area contributed by atoms with E-state index in [1.54, 1.807) is 12.1 Å². The topological polar surface area (TPSA) is 83.5 Å². The molecule has 1 saturated carbocycles. The van der Waals surface area contributed by atoms with Crippen molar-refractivity contribution in [3.05, 3.63) is 70.8 Å². The number of rotatable bonds is 8. The van der Waals surface area contributed by atoms with Crippen molar-refractivity contribution in [3.63, 3.8) is 0 Å². The average molecular weight is 401 g/mol. The molecule has 2 aromatic rings. The molecule has 0 aliphatic heterocycles. The summed E-state index contributed by atoms with van der Waals surface area (Å²) in [6.07, 6.45) is 2.01. The van der Waals surface area contributed by atoms with Gasteiger partial charge in [0.15, 0.2) is 0 Å². The molecule has 1 aliphatic carbocycles. The molecule has 5 nitrogen and oxygen atoms in total. The lowest BCUT2D eigenvalue weighted by Crippen LogP contribution is -2.37. The molecule has 1 atom stereocenters. The third kappa shape index (κ3) is 5.04. The molecule has 2 N–H and O–H groups in total. The van der Waals surface area contributed by atoms with Crippen LogP contribution in [0.1, 0.15) is 53.2 Å². The van der Waals surface area contributed by atoms with Crippen LogP contribution in [0, 0.1) is 17.6 Å². The number of carboxylic acids is 1. The molecule has 0 bridgehead atoms. The first-order valence-corrected chi connectivity index (χ1v) is 9.42. The third-order valence-electron chi connectivity index (χ3n) is 5.20. The van der Waals surface area contributed by atoms with E-state index in [-0.39, 0.29) is 23.9 Å². The summed E-state index contributed by atoms with van der Waals surface area (Å²) in [5, 5.41) is 12.0. The zero-order chi connectivity index (χ0) is 21.0. The first kappa shape index (κ1) is 20.6. The van der Waals surface area contributed by atoms with Gasteiger partial charge in [0.2, 0.25) is 5.91 Å². The highest BCUT2D eigenvalue weighted by Crippen LogP contribution is 2.37. The fourth-order valence-electron chi connectivity index (χ4n) is 3.58. The second-order valence-electron chi connectivity index (χ2n) is 7.26. The number of hydrogen-bond acceptors (Lipinski definition) is 3. The molecule has 1 amide bonds. The van der Waals surface area contributed by atoms with Gasteiger partial charge in [-0.3, -0.25) is 9.59 Å². The van der Waals surface area contributed by atoms with Crippen molar-refractivity contribution in [1.82, 2.24) is 5.32 Å². The van der Waals surface area contributed by atoms with Gasteiger partial charge in [-0.05, 0) is 48.1 Å². The summed E-state index contributed by atoms with van der Waals surface area (Å²) in [6.45, 7) is 0. The van der Waals surface area contributed by atoms with E-state index in [0.29, 0.717) is 5.56 Å². The van der Waals surface area contributed by atoms with Gasteiger partial charge in [0.1, 0.15) is 17.4 Å². The molecule has 1 unspecified atom stereocenters. The van der Waals surface area contributed by atoms with Crippen molar-refractivity contribution in [2.24, 2.45) is 5.92 Å². The van der Waals surface area contributed by atoms with Crippen LogP contribution in [0.3, 0.4) is 0 Å². The summed E-state index contributed by atoms with van der Waals surface area (Å²) in [6, 6.07) is 9.30. The Kier molecular flexibility index (Phi) is 6.36. The van der Waals surface area contributed by atoms with Crippen molar-refractivity contribution in [3.8, 4) is 0 Å². The monoisotopic (exact) mass is 401 g/mol. The van der Waals surface area contributed by atoms with Crippen LogP contribution in [0.15, 0.2) is 42.5 Å². The predicted octanol–water partition coefficient (Wildman–Crippen LogP) is 3.82. The normalized spacial score (nSPS) is 14.7. The second-order valence-corrected chi connectivity index (χ2v) is 7.26. The van der Waals surface area contributed by atoms with Gasteiger partial charge in [-0.1, -0.05) is 30.7 Å². The molecule has 2 aromatic carbocycles. The average Bonchev–Trinajstić information content (AvgIpc) is 2.59. The fraction of sp³-hybridized carbons (Fsp3) is 0.318. The van der Waals surface area contributed by atoms with Gasteiger partial charge in [-0.25, -0.2) is 13.6 Å². The minimum absolute atomic E-state index is 0.0240. The first-order chi connectivity index (χ1) is 13.8. The maximum Gasteiger partial charge on any atom is 0.338 e. The van der Waals surface area contributed by atoms with Gasteiger partial charge in [-0.2, -0.15) is 0 Å². The Morgan fingerprint density at radius 2 is 1.83 bits per heavy atom. The SMILES string of the molecule is O=C(CC(=O)NC(c1cccc(F)c1)C1CCC1)Cc1cccc(F)c1C(=O)O. The summed E-state index contributed by atoms with van der Waals surface area (Å²) < 4.78 is 27.3. The second kappa shape index (κ2) is 8.94. The van der Waals surface area contributed by atoms with E-state index in [1.807, 2.05) is 0 Å². The molecular weight excluding hydrogens is 380 g/mol. The van der Waals surface area contributed by atoms with Crippen LogP contribution < -0.4 is 5.32 Å². The molecule has 3 rings (SSSR count). The van der Waals surface area contributed by atoms with Crippen LogP contribution in [-0.2, 0) is 16.0 Å². The Labute approximate surface area is 166 Å². The lowest BCUT2D eigenvalue weighted by Gasteiger charge is -2.34. The molecule has 1 fully saturated rings. The predicted molar refractivity (Wildman–Crippen MR) is 101 cm³/mol. The van der Waals surface area contributed by atoms with Gasteiger partial charge >= 0.3 is 5.97 Å². The van der Waals surface area contributed by atoms with Crippen molar-refractivity contribution in [2.75, 3.05) is 0 Å². The number of hydrogen-bond donors (Lipinski definition) is 2. The number of aromatic carboxylic acids is 1. The highest BCUT2D eigenvalue weighted by Gasteiger charge is 2.30. The minimum atomic E-state index is -1.47. The van der Waals surface area contributed by atoms with E-state index >= 15 is 0 Å². The number of Topliss-reactive ketones (excluding diaryl/α,β-unsaturated/α-hetero) is 1. The van der Waals surface area contributed by atoms with Crippen LogP contribution in [0.25, 0.3) is 0 Å². The summed E-state index contributed by atoms with van der Waals surface area (Å²) >= 11 is 0. The standard InChI is InChI=1S/C22H21F2NO4/c23-16-8-2-7-15(10-16)21(13-4-1-5-13)25-19(27)12-17(26)11-14-6-3-9-18(24)20(14)22(28)29/h2-3,6-10,13,21H,1,4-5,11-12H2,(H,25,27)(H,28,29). The van der Waals surface area contributed by atoms with Crippen LogP contribution in [0.4, 0.5) is 8.78 Å². The van der Waals surface area contributed by atoms with E-state index in [4.69, 9.17) is 5.11 Å². The number of ketones is 1. The van der Waals surface area contributed by atoms with Gasteiger partial charge < -0.3 is 10.4 Å². The highest BCUT2D eigenvalue weighted by molar-refractivity contribution is 6.00. The maximum atomic E-state index is 13.7. The summed E-state index contributed by atoms with van der Waals surface area (Å²) in [5.41, 5.74) is 0.109. The molecule has 0 heterocycles. The maximum absolute atomic E-state index is 13.7. The summed E-state index contributed by atoms with van der Waals surface area (Å²) in [7, 11) is 0. The Balaban J connectivity index is 1.67. The molecule has 7 heteroatoms. The van der Waals surface area contributed by atoms with Crippen LogP contribution in [0.2, 0.25) is 0 Å². The lowest BCUT2D eigenvalue weighted by molar-refractivity contribution is -0.128. The Morgan fingerprint density at radius 3 is 2.45 bits per heavy atom. The van der Waals surface area contributed by atoms with Crippen LogP contribution >= 0.6 is 0 Å². The third-order valence-corrected chi connectivity index (χ3v) is 5.20. The smallest absolute Gasteiger partial charge is 0.338 e. The summed E-state index contributed by atoms with van der Waals surface area (Å²) in [4.78, 5) is 36.0. The van der Waals surface area contributed by atoms with Gasteiger partial charge in [-0.15, -0.1) is 0 Å². The van der Waals surface area contributed by atoms with Crippen LogP contribution in [0.5, 0.6) is 0 Å². The zero-order valence-corrected chi connectivity index (χ0v) is 15.7. The molecular formula is C22H21F2NO4. The molecule has 1 aliphatic rings.